The summed E-state index contributed by atoms with van der Waals surface area (Å²) in [6.45, 7) is 5.72. The fourth-order valence-corrected chi connectivity index (χ4v) is 3.81. The summed E-state index contributed by atoms with van der Waals surface area (Å²) < 4.78 is 0. The predicted molar refractivity (Wildman–Crippen MR) is 75.9 cm³/mol. The summed E-state index contributed by atoms with van der Waals surface area (Å²) in [7, 11) is 0. The van der Waals surface area contributed by atoms with E-state index in [9.17, 15) is 0 Å². The summed E-state index contributed by atoms with van der Waals surface area (Å²) in [4.78, 5) is 6.95. The smallest absolute Gasteiger partial charge is 0.0372 e. The van der Waals surface area contributed by atoms with E-state index in [0.717, 1.165) is 24.3 Å². The van der Waals surface area contributed by atoms with E-state index in [1.165, 1.54) is 44.3 Å². The van der Waals surface area contributed by atoms with E-state index < -0.39 is 0 Å². The molecule has 1 spiro atoms. The summed E-state index contributed by atoms with van der Waals surface area (Å²) in [5, 5.41) is 3.76. The number of hydrogen-bond donors (Lipinski definition) is 1. The molecule has 1 aliphatic heterocycles. The zero-order valence-electron chi connectivity index (χ0n) is 11.7. The summed E-state index contributed by atoms with van der Waals surface area (Å²) in [5.74, 6) is 0. The van der Waals surface area contributed by atoms with Crippen molar-refractivity contribution in [3.05, 3.63) is 29.6 Å². The molecule has 3 aliphatic rings. The van der Waals surface area contributed by atoms with Gasteiger partial charge in [-0.2, -0.15) is 0 Å². The molecule has 4 rings (SSSR count). The van der Waals surface area contributed by atoms with Gasteiger partial charge >= 0.3 is 0 Å². The van der Waals surface area contributed by atoms with E-state index in [1.807, 2.05) is 13.1 Å². The first-order chi connectivity index (χ1) is 9.21. The van der Waals surface area contributed by atoms with Crippen molar-refractivity contribution >= 4 is 0 Å². The molecule has 0 unspecified atom stereocenters. The van der Waals surface area contributed by atoms with Crippen molar-refractivity contribution in [1.29, 1.82) is 0 Å². The number of likely N-dealkylation sites (tertiary alicyclic amines) is 1. The number of rotatable bonds is 4. The van der Waals surface area contributed by atoms with Crippen LogP contribution in [0.3, 0.4) is 0 Å². The van der Waals surface area contributed by atoms with Crippen molar-refractivity contribution in [1.82, 2.24) is 15.2 Å². The Balaban J connectivity index is 1.23. The van der Waals surface area contributed by atoms with Gasteiger partial charge in [-0.05, 0) is 49.7 Å². The van der Waals surface area contributed by atoms with Gasteiger partial charge in [0.15, 0.2) is 0 Å². The van der Waals surface area contributed by atoms with Crippen molar-refractivity contribution in [3.8, 4) is 0 Å². The summed E-state index contributed by atoms with van der Waals surface area (Å²) in [6.07, 6.45) is 7.67. The summed E-state index contributed by atoms with van der Waals surface area (Å²) in [5.41, 5.74) is 3.13. The Kier molecular flexibility index (Phi) is 2.68. The third-order valence-corrected chi connectivity index (χ3v) is 4.90. The number of aromatic nitrogens is 1. The van der Waals surface area contributed by atoms with Crippen LogP contribution in [0.4, 0.5) is 0 Å². The molecule has 1 aromatic heterocycles. The SMILES string of the molecule is Cc1ccc(CN2CC3(CC(NC4CC4)C3)C2)cn1. The second kappa shape index (κ2) is 4.29. The van der Waals surface area contributed by atoms with Crippen LogP contribution in [-0.2, 0) is 6.54 Å². The first-order valence-electron chi connectivity index (χ1n) is 7.61. The van der Waals surface area contributed by atoms with Crippen LogP contribution in [0, 0.1) is 12.3 Å². The van der Waals surface area contributed by atoms with E-state index in [1.54, 1.807) is 0 Å². The summed E-state index contributed by atoms with van der Waals surface area (Å²) in [6, 6.07) is 6.03. The molecule has 102 valence electrons. The molecule has 0 amide bonds. The third-order valence-electron chi connectivity index (χ3n) is 4.90. The third kappa shape index (κ3) is 2.41. The van der Waals surface area contributed by atoms with Crippen LogP contribution in [0.5, 0.6) is 0 Å². The molecule has 3 heteroatoms. The van der Waals surface area contributed by atoms with E-state index in [4.69, 9.17) is 0 Å². The van der Waals surface area contributed by atoms with Crippen LogP contribution in [0.25, 0.3) is 0 Å². The molecule has 1 N–H and O–H groups in total. The average molecular weight is 257 g/mol. The number of aryl methyl sites for hydroxylation is 1. The Morgan fingerprint density at radius 2 is 2.05 bits per heavy atom. The molecule has 1 aromatic rings. The highest BCUT2D eigenvalue weighted by Crippen LogP contribution is 2.49. The molecule has 2 heterocycles. The first kappa shape index (κ1) is 11.9. The van der Waals surface area contributed by atoms with E-state index in [-0.39, 0.29) is 0 Å². The van der Waals surface area contributed by atoms with Crippen LogP contribution in [0.2, 0.25) is 0 Å². The maximum atomic E-state index is 4.38. The van der Waals surface area contributed by atoms with Gasteiger partial charge in [0.05, 0.1) is 0 Å². The van der Waals surface area contributed by atoms with Crippen molar-refractivity contribution in [3.63, 3.8) is 0 Å². The van der Waals surface area contributed by atoms with Gasteiger partial charge < -0.3 is 5.32 Å². The minimum atomic E-state index is 0.671. The van der Waals surface area contributed by atoms with Crippen molar-refractivity contribution in [2.24, 2.45) is 5.41 Å². The molecule has 0 bridgehead atoms. The summed E-state index contributed by atoms with van der Waals surface area (Å²) >= 11 is 0. The Morgan fingerprint density at radius 1 is 1.26 bits per heavy atom. The number of hydrogen-bond acceptors (Lipinski definition) is 3. The largest absolute Gasteiger partial charge is 0.311 e. The highest BCUT2D eigenvalue weighted by Gasteiger charge is 2.52. The zero-order valence-corrected chi connectivity index (χ0v) is 11.7. The maximum Gasteiger partial charge on any atom is 0.0372 e. The van der Waals surface area contributed by atoms with Crippen LogP contribution < -0.4 is 5.32 Å². The van der Waals surface area contributed by atoms with Gasteiger partial charge in [-0.25, -0.2) is 0 Å². The second-order valence-corrected chi connectivity index (χ2v) is 7.00. The van der Waals surface area contributed by atoms with Crippen molar-refractivity contribution < 1.29 is 0 Å². The monoisotopic (exact) mass is 257 g/mol. The van der Waals surface area contributed by atoms with Crippen LogP contribution >= 0.6 is 0 Å². The molecule has 3 nitrogen and oxygen atoms in total. The lowest BCUT2D eigenvalue weighted by atomic mass is 9.60. The lowest BCUT2D eigenvalue weighted by Crippen LogP contribution is -2.65. The fraction of sp³-hybridized carbons (Fsp3) is 0.688. The number of nitrogens with zero attached hydrogens (tertiary/aromatic N) is 2. The Labute approximate surface area is 115 Å². The van der Waals surface area contributed by atoms with Gasteiger partial charge in [0, 0.05) is 43.6 Å². The topological polar surface area (TPSA) is 28.2 Å². The second-order valence-electron chi connectivity index (χ2n) is 7.00. The van der Waals surface area contributed by atoms with E-state index in [2.05, 4.69) is 27.3 Å². The van der Waals surface area contributed by atoms with Crippen LogP contribution in [0.1, 0.15) is 36.9 Å². The van der Waals surface area contributed by atoms with E-state index >= 15 is 0 Å². The molecule has 1 saturated heterocycles. The Morgan fingerprint density at radius 3 is 2.68 bits per heavy atom. The van der Waals surface area contributed by atoms with Gasteiger partial charge in [0.1, 0.15) is 0 Å². The molecular weight excluding hydrogens is 234 g/mol. The quantitative estimate of drug-likeness (QED) is 0.895. The highest BCUT2D eigenvalue weighted by molar-refractivity contribution is 5.15. The lowest BCUT2D eigenvalue weighted by Gasteiger charge is -2.59. The minimum absolute atomic E-state index is 0.671. The Hall–Kier alpha value is -0.930. The number of pyridine rings is 1. The molecule has 19 heavy (non-hydrogen) atoms. The molecule has 2 saturated carbocycles. The fourth-order valence-electron chi connectivity index (χ4n) is 3.81. The van der Waals surface area contributed by atoms with Gasteiger partial charge in [0.2, 0.25) is 0 Å². The van der Waals surface area contributed by atoms with Gasteiger partial charge in [-0.1, -0.05) is 6.07 Å². The highest BCUT2D eigenvalue weighted by atomic mass is 15.2. The average Bonchev–Trinajstić information content (AvgIpc) is 3.10. The molecule has 0 radical (unpaired) electrons. The maximum absolute atomic E-state index is 4.38. The van der Waals surface area contributed by atoms with Gasteiger partial charge in [-0.3, -0.25) is 9.88 Å². The normalized spacial score (nSPS) is 26.2. The van der Waals surface area contributed by atoms with Crippen LogP contribution in [0.15, 0.2) is 18.3 Å². The molecule has 0 atom stereocenters. The molecule has 3 fully saturated rings. The van der Waals surface area contributed by atoms with Gasteiger partial charge in [0.25, 0.3) is 0 Å². The van der Waals surface area contributed by atoms with E-state index in [0.29, 0.717) is 5.41 Å². The standard InChI is InChI=1S/C16H23N3/c1-12-2-3-13(8-17-12)9-19-10-16(11-19)6-15(7-16)18-14-4-5-14/h2-3,8,14-15,18H,4-7,9-11H2,1H3. The number of nitrogens with one attached hydrogen (secondary N) is 1. The van der Waals surface area contributed by atoms with Crippen molar-refractivity contribution in [2.75, 3.05) is 13.1 Å². The Bertz CT molecular complexity index is 449. The van der Waals surface area contributed by atoms with Crippen molar-refractivity contribution in [2.45, 2.75) is 51.2 Å². The molecule has 0 aromatic carbocycles. The molecule has 2 aliphatic carbocycles. The molecular formula is C16H23N3. The van der Waals surface area contributed by atoms with Gasteiger partial charge in [-0.15, -0.1) is 0 Å². The zero-order chi connectivity index (χ0) is 12.9. The van der Waals surface area contributed by atoms with Crippen LogP contribution in [-0.4, -0.2) is 35.1 Å². The first-order valence-corrected chi connectivity index (χ1v) is 7.61. The lowest BCUT2D eigenvalue weighted by molar-refractivity contribution is -0.0833. The predicted octanol–water partition coefficient (Wildman–Crippen LogP) is 2.11. The minimum Gasteiger partial charge on any atom is -0.311 e.